The van der Waals surface area contributed by atoms with E-state index in [4.69, 9.17) is 0 Å². The molecule has 0 aliphatic heterocycles. The molecule has 1 N–H and O–H groups in total. The lowest BCUT2D eigenvalue weighted by molar-refractivity contribution is -0.122. The molecule has 1 aliphatic carbocycles. The highest BCUT2D eigenvalue weighted by atomic mass is 16.2. The Morgan fingerprint density at radius 1 is 1.24 bits per heavy atom. The van der Waals surface area contributed by atoms with Crippen molar-refractivity contribution in [2.45, 2.75) is 44.7 Å². The van der Waals surface area contributed by atoms with Crippen LogP contribution in [0.3, 0.4) is 0 Å². The fraction of sp³-hybridized carbons (Fsp3) is 0.467. The number of pyridine rings is 1. The highest BCUT2D eigenvalue weighted by Gasteiger charge is 2.16. The summed E-state index contributed by atoms with van der Waals surface area (Å²) < 4.78 is 1.56. The second kappa shape index (κ2) is 6.47. The van der Waals surface area contributed by atoms with Crippen LogP contribution in [0.5, 0.6) is 0 Å². The van der Waals surface area contributed by atoms with Gasteiger partial charge in [0, 0.05) is 12.2 Å². The van der Waals surface area contributed by atoms with Crippen LogP contribution in [0.15, 0.2) is 30.6 Å². The molecular weight excluding hydrogens is 266 g/mol. The summed E-state index contributed by atoms with van der Waals surface area (Å²) >= 11 is 0. The predicted octanol–water partition coefficient (Wildman–Crippen LogP) is 1.79. The summed E-state index contributed by atoms with van der Waals surface area (Å²) in [6.45, 7) is 0.205. The Morgan fingerprint density at radius 3 is 2.86 bits per heavy atom. The van der Waals surface area contributed by atoms with Gasteiger partial charge in [0.05, 0.1) is 11.9 Å². The molecule has 0 aromatic carbocycles. The van der Waals surface area contributed by atoms with E-state index in [1.54, 1.807) is 17.1 Å². The third-order valence-corrected chi connectivity index (χ3v) is 3.74. The molecule has 3 rings (SSSR count). The Balaban J connectivity index is 1.58. The topological polar surface area (TPSA) is 72.7 Å². The van der Waals surface area contributed by atoms with Gasteiger partial charge in [0.25, 0.3) is 0 Å². The zero-order valence-corrected chi connectivity index (χ0v) is 11.9. The minimum Gasteiger partial charge on any atom is -0.352 e. The van der Waals surface area contributed by atoms with Gasteiger partial charge in [-0.05, 0) is 25.0 Å². The Morgan fingerprint density at radius 2 is 2.10 bits per heavy atom. The number of aromatic nitrogens is 4. The number of hydrogen-bond donors (Lipinski definition) is 1. The molecular formula is C15H19N5O. The van der Waals surface area contributed by atoms with Gasteiger partial charge in [0.15, 0.2) is 0 Å². The summed E-state index contributed by atoms with van der Waals surface area (Å²) in [6.07, 6.45) is 9.33. The Labute approximate surface area is 123 Å². The molecule has 0 unspecified atom stereocenters. The molecule has 6 heteroatoms. The molecule has 0 saturated heterocycles. The third-order valence-electron chi connectivity index (χ3n) is 3.74. The first kappa shape index (κ1) is 13.7. The molecule has 6 nitrogen and oxygen atoms in total. The summed E-state index contributed by atoms with van der Waals surface area (Å²) in [5, 5.41) is 11.1. The lowest BCUT2D eigenvalue weighted by Crippen LogP contribution is -2.38. The van der Waals surface area contributed by atoms with E-state index >= 15 is 0 Å². The first-order valence-electron chi connectivity index (χ1n) is 7.42. The Hall–Kier alpha value is -2.24. The van der Waals surface area contributed by atoms with Crippen molar-refractivity contribution < 1.29 is 4.79 Å². The van der Waals surface area contributed by atoms with E-state index in [9.17, 15) is 4.79 Å². The van der Waals surface area contributed by atoms with Crippen LogP contribution >= 0.6 is 0 Å². The molecule has 2 aromatic heterocycles. The molecule has 21 heavy (non-hydrogen) atoms. The van der Waals surface area contributed by atoms with Gasteiger partial charge in [-0.2, -0.15) is 0 Å². The molecule has 2 aromatic rings. The average Bonchev–Trinajstić information content (AvgIpc) is 2.97. The number of rotatable bonds is 4. The minimum atomic E-state index is -0.000583. The smallest absolute Gasteiger partial charge is 0.242 e. The Kier molecular flexibility index (Phi) is 4.23. The van der Waals surface area contributed by atoms with Crippen LogP contribution in [0.1, 0.15) is 32.1 Å². The van der Waals surface area contributed by atoms with E-state index < -0.39 is 0 Å². The monoisotopic (exact) mass is 285 g/mol. The van der Waals surface area contributed by atoms with Crippen LogP contribution in [-0.4, -0.2) is 31.9 Å². The van der Waals surface area contributed by atoms with Gasteiger partial charge in [-0.15, -0.1) is 5.10 Å². The maximum Gasteiger partial charge on any atom is 0.242 e. The largest absolute Gasteiger partial charge is 0.352 e. The summed E-state index contributed by atoms with van der Waals surface area (Å²) in [5.74, 6) is -0.000583. The molecule has 1 saturated carbocycles. The number of carbonyl (C=O) groups excluding carboxylic acids is 1. The van der Waals surface area contributed by atoms with Gasteiger partial charge in [-0.3, -0.25) is 9.78 Å². The molecule has 2 heterocycles. The molecule has 0 bridgehead atoms. The van der Waals surface area contributed by atoms with Crippen molar-refractivity contribution in [2.24, 2.45) is 0 Å². The molecule has 1 aliphatic rings. The number of amides is 1. The highest BCUT2D eigenvalue weighted by molar-refractivity contribution is 5.76. The fourth-order valence-electron chi connectivity index (χ4n) is 2.67. The van der Waals surface area contributed by atoms with Gasteiger partial charge >= 0.3 is 0 Å². The molecule has 110 valence electrons. The first-order valence-corrected chi connectivity index (χ1v) is 7.42. The van der Waals surface area contributed by atoms with Crippen LogP contribution in [0.2, 0.25) is 0 Å². The molecule has 0 radical (unpaired) electrons. The standard InChI is InChI=1S/C15H19N5O/c21-15(17-12-6-2-1-3-7-12)11-20-10-14(18-19-20)13-8-4-5-9-16-13/h4-5,8-10,12H,1-3,6-7,11H2,(H,17,21). The fourth-order valence-corrected chi connectivity index (χ4v) is 2.67. The van der Waals surface area contributed by atoms with Crippen molar-refractivity contribution in [1.82, 2.24) is 25.3 Å². The highest BCUT2D eigenvalue weighted by Crippen LogP contribution is 2.17. The summed E-state index contributed by atoms with van der Waals surface area (Å²) in [7, 11) is 0. The van der Waals surface area contributed by atoms with Crippen LogP contribution < -0.4 is 5.32 Å². The van der Waals surface area contributed by atoms with Crippen molar-refractivity contribution in [1.29, 1.82) is 0 Å². The summed E-state index contributed by atoms with van der Waals surface area (Å²) in [6, 6.07) is 5.95. The summed E-state index contributed by atoms with van der Waals surface area (Å²) in [5.41, 5.74) is 1.44. The van der Waals surface area contributed by atoms with E-state index in [0.29, 0.717) is 11.7 Å². The van der Waals surface area contributed by atoms with Crippen LogP contribution in [0, 0.1) is 0 Å². The number of carbonyl (C=O) groups is 1. The molecule has 1 fully saturated rings. The van der Waals surface area contributed by atoms with E-state index in [0.717, 1.165) is 18.5 Å². The third kappa shape index (κ3) is 3.65. The predicted molar refractivity (Wildman–Crippen MR) is 78.3 cm³/mol. The van der Waals surface area contributed by atoms with E-state index in [2.05, 4.69) is 20.6 Å². The van der Waals surface area contributed by atoms with Gasteiger partial charge < -0.3 is 5.32 Å². The number of hydrogen-bond acceptors (Lipinski definition) is 4. The van der Waals surface area contributed by atoms with E-state index in [1.165, 1.54) is 19.3 Å². The maximum absolute atomic E-state index is 12.0. The molecule has 0 spiro atoms. The molecule has 1 amide bonds. The minimum absolute atomic E-state index is 0.000583. The quantitative estimate of drug-likeness (QED) is 0.929. The van der Waals surface area contributed by atoms with Crippen molar-refractivity contribution in [2.75, 3.05) is 0 Å². The number of nitrogens with one attached hydrogen (secondary N) is 1. The number of nitrogens with zero attached hydrogens (tertiary/aromatic N) is 4. The van der Waals surface area contributed by atoms with E-state index in [1.807, 2.05) is 18.2 Å². The summed E-state index contributed by atoms with van der Waals surface area (Å²) in [4.78, 5) is 16.2. The Bertz CT molecular complexity index is 589. The van der Waals surface area contributed by atoms with E-state index in [-0.39, 0.29) is 12.5 Å². The SMILES string of the molecule is O=C(Cn1cc(-c2ccccn2)nn1)NC1CCCCC1. The zero-order chi connectivity index (χ0) is 14.5. The van der Waals surface area contributed by atoms with Gasteiger partial charge in [0.2, 0.25) is 5.91 Å². The van der Waals surface area contributed by atoms with Crippen LogP contribution in [0.25, 0.3) is 11.4 Å². The van der Waals surface area contributed by atoms with Crippen molar-refractivity contribution in [3.63, 3.8) is 0 Å². The lowest BCUT2D eigenvalue weighted by atomic mass is 9.95. The first-order chi connectivity index (χ1) is 10.3. The van der Waals surface area contributed by atoms with Crippen molar-refractivity contribution >= 4 is 5.91 Å². The van der Waals surface area contributed by atoms with Crippen LogP contribution in [0.4, 0.5) is 0 Å². The average molecular weight is 285 g/mol. The zero-order valence-electron chi connectivity index (χ0n) is 11.9. The lowest BCUT2D eigenvalue weighted by Gasteiger charge is -2.22. The molecule has 0 atom stereocenters. The van der Waals surface area contributed by atoms with Crippen LogP contribution in [-0.2, 0) is 11.3 Å². The van der Waals surface area contributed by atoms with Crippen molar-refractivity contribution in [3.8, 4) is 11.4 Å². The van der Waals surface area contributed by atoms with Gasteiger partial charge in [-0.1, -0.05) is 30.5 Å². The normalized spacial score (nSPS) is 15.8. The van der Waals surface area contributed by atoms with Crippen molar-refractivity contribution in [3.05, 3.63) is 30.6 Å². The maximum atomic E-state index is 12.0. The second-order valence-corrected chi connectivity index (χ2v) is 5.42. The van der Waals surface area contributed by atoms with Gasteiger partial charge in [-0.25, -0.2) is 4.68 Å². The second-order valence-electron chi connectivity index (χ2n) is 5.42. The van der Waals surface area contributed by atoms with Gasteiger partial charge in [0.1, 0.15) is 12.2 Å².